The van der Waals surface area contributed by atoms with E-state index >= 15 is 0 Å². The van der Waals surface area contributed by atoms with Crippen LogP contribution >= 0.6 is 11.6 Å². The summed E-state index contributed by atoms with van der Waals surface area (Å²) >= 11 is 5.71. The number of anilines is 1. The number of halogens is 1. The molecule has 0 unspecified atom stereocenters. The van der Waals surface area contributed by atoms with Crippen LogP contribution in [0.15, 0.2) is 23.1 Å². The van der Waals surface area contributed by atoms with Crippen LogP contribution < -0.4 is 5.73 Å². The summed E-state index contributed by atoms with van der Waals surface area (Å²) in [5, 5.41) is 0.402. The molecule has 0 atom stereocenters. The lowest BCUT2D eigenvalue weighted by Crippen LogP contribution is -2.27. The van der Waals surface area contributed by atoms with Crippen molar-refractivity contribution >= 4 is 27.3 Å². The first-order valence-electron chi connectivity index (χ1n) is 4.72. The Bertz CT molecular complexity index is 497. The molecule has 0 aliphatic carbocycles. The molecule has 0 bridgehead atoms. The molecule has 0 amide bonds. The molecule has 1 aromatic rings. The number of nitrogen functional groups attached to an aromatic ring is 1. The molecule has 2 rings (SSSR count). The third kappa shape index (κ3) is 2.01. The fourth-order valence-electron chi connectivity index (χ4n) is 1.48. The fourth-order valence-corrected chi connectivity index (χ4v) is 3.06. The van der Waals surface area contributed by atoms with Crippen molar-refractivity contribution in [2.24, 2.45) is 0 Å². The molecule has 1 heterocycles. The molecular formula is C9H11ClN2O3S. The van der Waals surface area contributed by atoms with Crippen LogP contribution in [0, 0.1) is 0 Å². The highest BCUT2D eigenvalue weighted by molar-refractivity contribution is 7.89. The van der Waals surface area contributed by atoms with E-state index in [9.17, 15) is 8.42 Å². The Morgan fingerprint density at radius 2 is 2.19 bits per heavy atom. The molecule has 16 heavy (non-hydrogen) atoms. The number of hydrogen-bond donors (Lipinski definition) is 1. The van der Waals surface area contributed by atoms with E-state index in [2.05, 4.69) is 0 Å². The maximum Gasteiger partial charge on any atom is 0.267 e. The van der Waals surface area contributed by atoms with Crippen LogP contribution in [0.2, 0.25) is 5.02 Å². The minimum atomic E-state index is -3.66. The standard InChI is InChI=1S/C9H11ClN2O3S/c10-7-2-3-9(8(11)6-7)16(13,14)12-4-1-5-15-12/h2-3,6H,1,4-5,11H2. The molecule has 1 aliphatic rings. The summed E-state index contributed by atoms with van der Waals surface area (Å²) in [5.41, 5.74) is 5.76. The second-order valence-electron chi connectivity index (χ2n) is 3.40. The van der Waals surface area contributed by atoms with Crippen LogP contribution in [0.4, 0.5) is 5.69 Å². The average molecular weight is 263 g/mol. The highest BCUT2D eigenvalue weighted by Gasteiger charge is 2.30. The summed E-state index contributed by atoms with van der Waals surface area (Å²) < 4.78 is 25.1. The highest BCUT2D eigenvalue weighted by atomic mass is 35.5. The molecule has 5 nitrogen and oxygen atoms in total. The smallest absolute Gasteiger partial charge is 0.267 e. The Kier molecular flexibility index (Phi) is 3.07. The molecule has 1 fully saturated rings. The predicted octanol–water partition coefficient (Wildman–Crippen LogP) is 1.25. The van der Waals surface area contributed by atoms with E-state index in [1.165, 1.54) is 18.2 Å². The Balaban J connectivity index is 2.42. The van der Waals surface area contributed by atoms with Gasteiger partial charge in [0.05, 0.1) is 12.3 Å². The largest absolute Gasteiger partial charge is 0.398 e. The fraction of sp³-hybridized carbons (Fsp3) is 0.333. The number of sulfonamides is 1. The number of nitrogens with two attached hydrogens (primary N) is 1. The van der Waals surface area contributed by atoms with E-state index in [0.717, 1.165) is 4.47 Å². The Labute approximate surface area is 98.8 Å². The Hall–Kier alpha value is -0.820. The van der Waals surface area contributed by atoms with Gasteiger partial charge in [-0.25, -0.2) is 8.42 Å². The van der Waals surface area contributed by atoms with E-state index in [4.69, 9.17) is 22.2 Å². The normalized spacial score (nSPS) is 17.8. The molecule has 1 aliphatic heterocycles. The average Bonchev–Trinajstić information content (AvgIpc) is 2.69. The molecule has 0 aromatic heterocycles. The van der Waals surface area contributed by atoms with Crippen LogP contribution in [0.5, 0.6) is 0 Å². The second kappa shape index (κ2) is 4.21. The monoisotopic (exact) mass is 262 g/mol. The van der Waals surface area contributed by atoms with Gasteiger partial charge in [-0.15, -0.1) is 0 Å². The summed E-state index contributed by atoms with van der Waals surface area (Å²) in [5.74, 6) is 0. The number of rotatable bonds is 2. The predicted molar refractivity (Wildman–Crippen MR) is 60.3 cm³/mol. The van der Waals surface area contributed by atoms with Gasteiger partial charge >= 0.3 is 0 Å². The molecule has 0 spiro atoms. The molecular weight excluding hydrogens is 252 g/mol. The molecule has 1 saturated heterocycles. The molecule has 7 heteroatoms. The number of nitrogens with zero attached hydrogens (tertiary/aromatic N) is 1. The van der Waals surface area contributed by atoms with Crippen molar-refractivity contribution in [1.82, 2.24) is 4.47 Å². The zero-order valence-electron chi connectivity index (χ0n) is 8.39. The van der Waals surface area contributed by atoms with Crippen LogP contribution in [0.3, 0.4) is 0 Å². The maximum atomic E-state index is 12.0. The van der Waals surface area contributed by atoms with Gasteiger partial charge in [0.2, 0.25) is 0 Å². The third-order valence-corrected chi connectivity index (χ3v) is 4.22. The lowest BCUT2D eigenvalue weighted by molar-refractivity contribution is -0.0284. The van der Waals surface area contributed by atoms with Crippen molar-refractivity contribution in [3.05, 3.63) is 23.2 Å². The van der Waals surface area contributed by atoms with Gasteiger partial charge in [0, 0.05) is 11.6 Å². The van der Waals surface area contributed by atoms with Gasteiger partial charge in [-0.1, -0.05) is 16.1 Å². The van der Waals surface area contributed by atoms with Gasteiger partial charge in [-0.3, -0.25) is 4.84 Å². The lowest BCUT2D eigenvalue weighted by atomic mass is 10.3. The minimum absolute atomic E-state index is 0.0267. The molecule has 88 valence electrons. The van der Waals surface area contributed by atoms with Crippen LogP contribution in [-0.2, 0) is 14.9 Å². The second-order valence-corrected chi connectivity index (χ2v) is 5.63. The van der Waals surface area contributed by atoms with Gasteiger partial charge in [0.25, 0.3) is 10.0 Å². The first kappa shape index (κ1) is 11.7. The van der Waals surface area contributed by atoms with Gasteiger partial charge in [0.1, 0.15) is 4.90 Å². The first-order chi connectivity index (χ1) is 7.51. The molecule has 0 radical (unpaired) electrons. The Morgan fingerprint density at radius 3 is 2.75 bits per heavy atom. The Morgan fingerprint density at radius 1 is 1.44 bits per heavy atom. The van der Waals surface area contributed by atoms with E-state index < -0.39 is 10.0 Å². The number of benzene rings is 1. The van der Waals surface area contributed by atoms with Crippen LogP contribution in [0.1, 0.15) is 6.42 Å². The minimum Gasteiger partial charge on any atom is -0.398 e. The quantitative estimate of drug-likeness (QED) is 0.814. The zero-order valence-corrected chi connectivity index (χ0v) is 9.96. The summed E-state index contributed by atoms with van der Waals surface area (Å²) in [4.78, 5) is 5.04. The zero-order chi connectivity index (χ0) is 11.8. The maximum absolute atomic E-state index is 12.0. The van der Waals surface area contributed by atoms with Crippen molar-refractivity contribution in [3.63, 3.8) is 0 Å². The van der Waals surface area contributed by atoms with E-state index in [1.54, 1.807) is 0 Å². The number of hydrogen-bond acceptors (Lipinski definition) is 4. The van der Waals surface area contributed by atoms with Crippen LogP contribution in [-0.4, -0.2) is 26.0 Å². The van der Waals surface area contributed by atoms with E-state index in [1.807, 2.05) is 0 Å². The third-order valence-electron chi connectivity index (χ3n) is 2.24. The lowest BCUT2D eigenvalue weighted by Gasteiger charge is -2.15. The SMILES string of the molecule is Nc1cc(Cl)ccc1S(=O)(=O)N1CCCO1. The van der Waals surface area contributed by atoms with Crippen LogP contribution in [0.25, 0.3) is 0 Å². The van der Waals surface area contributed by atoms with Crippen molar-refractivity contribution in [1.29, 1.82) is 0 Å². The number of hydroxylamine groups is 1. The van der Waals surface area contributed by atoms with Gasteiger partial charge < -0.3 is 5.73 Å². The van der Waals surface area contributed by atoms with Crippen molar-refractivity contribution in [2.75, 3.05) is 18.9 Å². The van der Waals surface area contributed by atoms with Gasteiger partial charge in [-0.05, 0) is 24.6 Å². The van der Waals surface area contributed by atoms with Gasteiger partial charge in [0.15, 0.2) is 0 Å². The summed E-state index contributed by atoms with van der Waals surface area (Å²) in [6.07, 6.45) is 0.687. The van der Waals surface area contributed by atoms with Gasteiger partial charge in [-0.2, -0.15) is 0 Å². The molecule has 2 N–H and O–H groups in total. The summed E-state index contributed by atoms with van der Waals surface area (Å²) in [6.45, 7) is 0.761. The van der Waals surface area contributed by atoms with Crippen molar-refractivity contribution in [3.8, 4) is 0 Å². The molecule has 1 aromatic carbocycles. The topological polar surface area (TPSA) is 72.6 Å². The van der Waals surface area contributed by atoms with Crippen molar-refractivity contribution < 1.29 is 13.3 Å². The van der Waals surface area contributed by atoms with Crippen molar-refractivity contribution in [2.45, 2.75) is 11.3 Å². The van der Waals surface area contributed by atoms with E-state index in [-0.39, 0.29) is 10.6 Å². The molecule has 0 saturated carbocycles. The summed E-state index contributed by atoms with van der Waals surface area (Å²) in [7, 11) is -3.66. The summed E-state index contributed by atoms with van der Waals surface area (Å²) in [6, 6.07) is 4.28. The first-order valence-corrected chi connectivity index (χ1v) is 6.54. The van der Waals surface area contributed by atoms with E-state index in [0.29, 0.717) is 24.6 Å². The highest BCUT2D eigenvalue weighted by Crippen LogP contribution is 2.27.